The summed E-state index contributed by atoms with van der Waals surface area (Å²) in [6, 6.07) is 3.92. The van der Waals surface area contributed by atoms with E-state index in [0.717, 1.165) is 57.0 Å². The van der Waals surface area contributed by atoms with Crippen molar-refractivity contribution in [2.75, 3.05) is 13.1 Å². The molecule has 2 aromatic rings. The van der Waals surface area contributed by atoms with Gasteiger partial charge in [0, 0.05) is 30.4 Å². The molecule has 0 aromatic carbocycles. The van der Waals surface area contributed by atoms with Gasteiger partial charge in [-0.15, -0.1) is 0 Å². The van der Waals surface area contributed by atoms with Crippen LogP contribution in [0.4, 0.5) is 4.79 Å². The van der Waals surface area contributed by atoms with E-state index in [1.165, 1.54) is 0 Å². The Morgan fingerprint density at radius 1 is 1.33 bits per heavy atom. The average Bonchev–Trinajstić information content (AvgIpc) is 3.30. The van der Waals surface area contributed by atoms with Gasteiger partial charge >= 0.3 is 6.03 Å². The Bertz CT molecular complexity index is 759. The zero-order valence-corrected chi connectivity index (χ0v) is 16.1. The van der Waals surface area contributed by atoms with Crippen LogP contribution in [-0.2, 0) is 13.1 Å². The molecule has 4 heterocycles. The van der Waals surface area contributed by atoms with Crippen LogP contribution in [0.25, 0.3) is 0 Å². The summed E-state index contributed by atoms with van der Waals surface area (Å²) in [4.78, 5) is 19.5. The molecular weight excluding hydrogens is 342 g/mol. The summed E-state index contributed by atoms with van der Waals surface area (Å²) in [6.07, 6.45) is 8.76. The highest BCUT2D eigenvalue weighted by Crippen LogP contribution is 2.48. The predicted molar refractivity (Wildman–Crippen MR) is 102 cm³/mol. The average molecular weight is 371 g/mol. The summed E-state index contributed by atoms with van der Waals surface area (Å²) in [5.41, 5.74) is 0.0648. The summed E-state index contributed by atoms with van der Waals surface area (Å²) in [5, 5.41) is 6.21. The van der Waals surface area contributed by atoms with Gasteiger partial charge in [0.1, 0.15) is 11.6 Å². The van der Waals surface area contributed by atoms with Crippen molar-refractivity contribution < 1.29 is 9.21 Å². The van der Waals surface area contributed by atoms with E-state index in [-0.39, 0.29) is 23.5 Å². The maximum absolute atomic E-state index is 12.5. The molecule has 0 saturated carbocycles. The summed E-state index contributed by atoms with van der Waals surface area (Å²) in [6.45, 7) is 7.78. The maximum Gasteiger partial charge on any atom is 0.315 e. The van der Waals surface area contributed by atoms with Crippen LogP contribution in [0.1, 0.15) is 50.7 Å². The number of amides is 2. The zero-order chi connectivity index (χ0) is 18.9. The van der Waals surface area contributed by atoms with Gasteiger partial charge in [-0.25, -0.2) is 9.78 Å². The van der Waals surface area contributed by atoms with Crippen LogP contribution in [-0.4, -0.2) is 39.6 Å². The van der Waals surface area contributed by atoms with Gasteiger partial charge in [0.15, 0.2) is 0 Å². The number of fused-ring (bicyclic) bond motifs is 1. The third-order valence-corrected chi connectivity index (χ3v) is 5.98. The molecule has 2 aliphatic rings. The SMILES string of the molecule is CC(C)NC(=O)NC1c2nccn2CCC12CCN(Cc1ccco1)CC2. The molecule has 1 saturated heterocycles. The minimum absolute atomic E-state index is 0.0502. The lowest BCUT2D eigenvalue weighted by Crippen LogP contribution is -2.53. The normalized spacial score (nSPS) is 22.0. The van der Waals surface area contributed by atoms with E-state index in [1.807, 2.05) is 38.4 Å². The lowest BCUT2D eigenvalue weighted by atomic mass is 9.68. The van der Waals surface area contributed by atoms with Crippen LogP contribution in [0, 0.1) is 5.41 Å². The number of piperidine rings is 1. The molecule has 4 rings (SSSR count). The number of nitrogens with zero attached hydrogens (tertiary/aromatic N) is 3. The zero-order valence-electron chi connectivity index (χ0n) is 16.1. The van der Waals surface area contributed by atoms with Crippen molar-refractivity contribution in [3.05, 3.63) is 42.4 Å². The molecule has 1 unspecified atom stereocenters. The van der Waals surface area contributed by atoms with Crippen LogP contribution < -0.4 is 10.6 Å². The van der Waals surface area contributed by atoms with Gasteiger partial charge in [0.2, 0.25) is 0 Å². The molecule has 2 aliphatic heterocycles. The molecule has 0 bridgehead atoms. The first-order valence-electron chi connectivity index (χ1n) is 9.88. The number of hydrogen-bond donors (Lipinski definition) is 2. The van der Waals surface area contributed by atoms with Gasteiger partial charge in [-0.3, -0.25) is 4.90 Å². The van der Waals surface area contributed by atoms with Crippen molar-refractivity contribution in [3.63, 3.8) is 0 Å². The summed E-state index contributed by atoms with van der Waals surface area (Å²) < 4.78 is 7.68. The van der Waals surface area contributed by atoms with Gasteiger partial charge < -0.3 is 19.6 Å². The van der Waals surface area contributed by atoms with E-state index in [0.29, 0.717) is 0 Å². The van der Waals surface area contributed by atoms with Crippen molar-refractivity contribution in [2.45, 2.75) is 58.3 Å². The number of hydrogen-bond acceptors (Lipinski definition) is 4. The Balaban J connectivity index is 1.49. The first-order chi connectivity index (χ1) is 13.1. The monoisotopic (exact) mass is 371 g/mol. The fourth-order valence-corrected chi connectivity index (χ4v) is 4.50. The molecule has 0 radical (unpaired) electrons. The first-order valence-corrected chi connectivity index (χ1v) is 9.88. The highest BCUT2D eigenvalue weighted by atomic mass is 16.3. The Kier molecular flexibility index (Phi) is 4.95. The summed E-state index contributed by atoms with van der Waals surface area (Å²) >= 11 is 0. The number of carbonyl (C=O) groups excluding carboxylic acids is 1. The van der Waals surface area contributed by atoms with Gasteiger partial charge in [0.25, 0.3) is 0 Å². The van der Waals surface area contributed by atoms with Crippen LogP contribution in [0.5, 0.6) is 0 Å². The third kappa shape index (κ3) is 3.74. The van der Waals surface area contributed by atoms with E-state index in [2.05, 4.69) is 25.1 Å². The third-order valence-electron chi connectivity index (χ3n) is 5.98. The minimum Gasteiger partial charge on any atom is -0.468 e. The van der Waals surface area contributed by atoms with Gasteiger partial charge in [0.05, 0.1) is 18.8 Å². The molecule has 2 amide bonds. The fourth-order valence-electron chi connectivity index (χ4n) is 4.50. The van der Waals surface area contributed by atoms with Gasteiger partial charge in [-0.2, -0.15) is 0 Å². The van der Waals surface area contributed by atoms with Crippen LogP contribution >= 0.6 is 0 Å². The van der Waals surface area contributed by atoms with Crippen molar-refractivity contribution >= 4 is 6.03 Å². The van der Waals surface area contributed by atoms with E-state index in [4.69, 9.17) is 4.42 Å². The van der Waals surface area contributed by atoms with Gasteiger partial charge in [-0.1, -0.05) is 0 Å². The number of aromatic nitrogens is 2. The van der Waals surface area contributed by atoms with Crippen molar-refractivity contribution in [1.82, 2.24) is 25.1 Å². The molecular formula is C20H29N5O2. The predicted octanol–water partition coefficient (Wildman–Crippen LogP) is 2.91. The topological polar surface area (TPSA) is 75.3 Å². The number of likely N-dealkylation sites (tertiary alicyclic amines) is 1. The van der Waals surface area contributed by atoms with E-state index >= 15 is 0 Å². The molecule has 1 fully saturated rings. The molecule has 1 atom stereocenters. The number of urea groups is 1. The lowest BCUT2D eigenvalue weighted by Gasteiger charge is -2.48. The molecule has 146 valence electrons. The van der Waals surface area contributed by atoms with Crippen molar-refractivity contribution in [3.8, 4) is 0 Å². The van der Waals surface area contributed by atoms with E-state index < -0.39 is 0 Å². The van der Waals surface area contributed by atoms with Crippen molar-refractivity contribution in [2.24, 2.45) is 5.41 Å². The molecule has 2 N–H and O–H groups in total. The fraction of sp³-hybridized carbons (Fsp3) is 0.600. The summed E-state index contributed by atoms with van der Waals surface area (Å²) in [5.74, 6) is 2.00. The maximum atomic E-state index is 12.5. The second kappa shape index (κ2) is 7.38. The Morgan fingerprint density at radius 3 is 2.81 bits per heavy atom. The van der Waals surface area contributed by atoms with E-state index in [9.17, 15) is 4.79 Å². The smallest absolute Gasteiger partial charge is 0.315 e. The second-order valence-corrected chi connectivity index (χ2v) is 8.15. The first kappa shape index (κ1) is 18.1. The lowest BCUT2D eigenvalue weighted by molar-refractivity contribution is 0.0341. The molecule has 27 heavy (non-hydrogen) atoms. The number of carbonyl (C=O) groups is 1. The number of imidazole rings is 1. The van der Waals surface area contributed by atoms with Gasteiger partial charge in [-0.05, 0) is 58.3 Å². The highest BCUT2D eigenvalue weighted by molar-refractivity contribution is 5.74. The largest absolute Gasteiger partial charge is 0.468 e. The molecule has 7 heteroatoms. The van der Waals surface area contributed by atoms with Crippen LogP contribution in [0.3, 0.4) is 0 Å². The Hall–Kier alpha value is -2.28. The van der Waals surface area contributed by atoms with E-state index in [1.54, 1.807) is 6.26 Å². The quantitative estimate of drug-likeness (QED) is 0.867. The minimum atomic E-state index is -0.108. The molecule has 7 nitrogen and oxygen atoms in total. The number of nitrogens with one attached hydrogen (secondary N) is 2. The van der Waals surface area contributed by atoms with Crippen LogP contribution in [0.2, 0.25) is 0 Å². The van der Waals surface area contributed by atoms with Crippen LogP contribution in [0.15, 0.2) is 35.2 Å². The van der Waals surface area contributed by atoms with Crippen molar-refractivity contribution in [1.29, 1.82) is 0 Å². The second-order valence-electron chi connectivity index (χ2n) is 8.15. The highest BCUT2D eigenvalue weighted by Gasteiger charge is 2.47. The molecule has 1 spiro atoms. The Labute approximate surface area is 160 Å². The molecule has 2 aromatic heterocycles. The molecule has 0 aliphatic carbocycles. The Morgan fingerprint density at radius 2 is 2.11 bits per heavy atom. The standard InChI is InChI=1S/C20H29N5O2/c1-15(2)22-19(26)23-17-18-21-8-12-25(18)11-7-20(17)5-9-24(10-6-20)14-16-4-3-13-27-16/h3-4,8,12-13,15,17H,5-7,9-11,14H2,1-2H3,(H2,22,23,26). The number of furan rings is 1. The summed E-state index contributed by atoms with van der Waals surface area (Å²) in [7, 11) is 0. The number of rotatable bonds is 4. The number of aryl methyl sites for hydroxylation is 1.